The van der Waals surface area contributed by atoms with Gasteiger partial charge in [-0.25, -0.2) is 9.78 Å². The molecule has 0 spiro atoms. The number of carbonyl (C=O) groups is 1. The van der Waals surface area contributed by atoms with Crippen LogP contribution < -0.4 is 16.4 Å². The van der Waals surface area contributed by atoms with Crippen LogP contribution in [0.15, 0.2) is 48.8 Å². The van der Waals surface area contributed by atoms with E-state index in [4.69, 9.17) is 28.9 Å². The monoisotopic (exact) mass is 482 g/mol. The third kappa shape index (κ3) is 5.05. The molecule has 2 amide bonds. The largest absolute Gasteiger partial charge is 0.340 e. The second-order valence-electron chi connectivity index (χ2n) is 8.48. The third-order valence-electron chi connectivity index (χ3n) is 6.01. The van der Waals surface area contributed by atoms with E-state index in [0.717, 1.165) is 34.7 Å². The lowest BCUT2D eigenvalue weighted by Crippen LogP contribution is -2.46. The predicted octanol–water partition coefficient (Wildman–Crippen LogP) is 5.13. The normalized spacial score (nSPS) is 16.2. The number of benzene rings is 1. The summed E-state index contributed by atoms with van der Waals surface area (Å²) in [5.74, 6) is 1.34. The van der Waals surface area contributed by atoms with Crippen LogP contribution in [0.4, 0.5) is 16.3 Å². The number of urea groups is 1. The van der Waals surface area contributed by atoms with Crippen molar-refractivity contribution in [2.24, 2.45) is 5.73 Å². The molecule has 170 valence electrons. The highest BCUT2D eigenvalue weighted by molar-refractivity contribution is 6.42. The van der Waals surface area contributed by atoms with Gasteiger partial charge in [-0.3, -0.25) is 4.98 Å². The van der Waals surface area contributed by atoms with Crippen molar-refractivity contribution < 1.29 is 4.79 Å². The van der Waals surface area contributed by atoms with Gasteiger partial charge in [-0.2, -0.15) is 0 Å². The molecule has 1 fully saturated rings. The SMILES string of the molecule is N[C@@H](NC(=O)N1CCc2cnc(Nc3ccnc(C4CC4)c3)cc2C1)c1ccc(Cl)c(Cl)c1. The molecule has 2 aliphatic rings. The van der Waals surface area contributed by atoms with Crippen molar-refractivity contribution in [3.63, 3.8) is 0 Å². The maximum Gasteiger partial charge on any atom is 0.319 e. The van der Waals surface area contributed by atoms with E-state index in [2.05, 4.69) is 26.7 Å². The van der Waals surface area contributed by atoms with E-state index in [9.17, 15) is 4.79 Å². The van der Waals surface area contributed by atoms with E-state index >= 15 is 0 Å². The van der Waals surface area contributed by atoms with Crippen molar-refractivity contribution in [1.82, 2.24) is 20.2 Å². The average Bonchev–Trinajstić information content (AvgIpc) is 3.66. The van der Waals surface area contributed by atoms with Gasteiger partial charge in [-0.05, 0) is 66.3 Å². The Hall–Kier alpha value is -2.87. The number of rotatable bonds is 5. The number of nitrogens with zero attached hydrogens (tertiary/aromatic N) is 3. The van der Waals surface area contributed by atoms with Crippen molar-refractivity contribution in [2.75, 3.05) is 11.9 Å². The second kappa shape index (κ2) is 9.17. The van der Waals surface area contributed by atoms with Gasteiger partial charge in [0, 0.05) is 42.8 Å². The molecular weight excluding hydrogens is 459 g/mol. The summed E-state index contributed by atoms with van der Waals surface area (Å²) in [6, 6.07) is 10.9. The number of halogens is 2. The van der Waals surface area contributed by atoms with Crippen LogP contribution in [0.5, 0.6) is 0 Å². The zero-order valence-electron chi connectivity index (χ0n) is 17.9. The molecule has 1 aromatic carbocycles. The second-order valence-corrected chi connectivity index (χ2v) is 9.29. The number of carbonyl (C=O) groups excluding carboxylic acids is 1. The van der Waals surface area contributed by atoms with E-state index in [0.29, 0.717) is 34.6 Å². The minimum atomic E-state index is -0.685. The molecule has 1 aliphatic heterocycles. The summed E-state index contributed by atoms with van der Waals surface area (Å²) in [6.45, 7) is 1.08. The molecule has 2 aromatic heterocycles. The van der Waals surface area contributed by atoms with Crippen LogP contribution in [0.25, 0.3) is 0 Å². The van der Waals surface area contributed by atoms with E-state index in [1.54, 1.807) is 23.1 Å². The molecule has 1 atom stereocenters. The van der Waals surface area contributed by atoms with Crippen molar-refractivity contribution in [3.8, 4) is 0 Å². The van der Waals surface area contributed by atoms with Gasteiger partial charge in [-0.15, -0.1) is 0 Å². The van der Waals surface area contributed by atoms with Gasteiger partial charge in [-0.1, -0.05) is 29.3 Å². The molecule has 0 saturated heterocycles. The molecule has 9 heteroatoms. The fraction of sp³-hybridized carbons (Fsp3) is 0.292. The highest BCUT2D eigenvalue weighted by Crippen LogP contribution is 2.39. The Morgan fingerprint density at radius 1 is 1.09 bits per heavy atom. The van der Waals surface area contributed by atoms with Crippen molar-refractivity contribution in [1.29, 1.82) is 0 Å². The first-order valence-corrected chi connectivity index (χ1v) is 11.7. The Kier molecular flexibility index (Phi) is 6.10. The molecule has 7 nitrogen and oxygen atoms in total. The number of pyridine rings is 2. The number of nitrogens with one attached hydrogen (secondary N) is 2. The number of aromatic nitrogens is 2. The average molecular weight is 483 g/mol. The minimum absolute atomic E-state index is 0.228. The molecule has 3 aromatic rings. The topological polar surface area (TPSA) is 96.2 Å². The summed E-state index contributed by atoms with van der Waals surface area (Å²) in [5, 5.41) is 7.06. The van der Waals surface area contributed by atoms with Crippen LogP contribution >= 0.6 is 23.2 Å². The fourth-order valence-corrected chi connectivity index (χ4v) is 4.28. The van der Waals surface area contributed by atoms with E-state index in [1.807, 2.05) is 24.5 Å². The number of hydrogen-bond donors (Lipinski definition) is 3. The molecular formula is C24H24Cl2N6O. The van der Waals surface area contributed by atoms with Gasteiger partial charge in [0.2, 0.25) is 0 Å². The van der Waals surface area contributed by atoms with Gasteiger partial charge in [0.25, 0.3) is 0 Å². The van der Waals surface area contributed by atoms with Crippen LogP contribution in [0.1, 0.15) is 47.3 Å². The Morgan fingerprint density at radius 2 is 1.94 bits per heavy atom. The lowest BCUT2D eigenvalue weighted by Gasteiger charge is -2.30. The number of anilines is 2. The van der Waals surface area contributed by atoms with Crippen molar-refractivity contribution >= 4 is 40.7 Å². The van der Waals surface area contributed by atoms with E-state index in [-0.39, 0.29) is 6.03 Å². The lowest BCUT2D eigenvalue weighted by molar-refractivity contribution is 0.188. The standard InChI is InChI=1S/C24H24Cl2N6O/c25-19-4-3-15(9-20(19)26)23(27)31-24(33)32-8-6-16-12-29-22(10-17(16)13-32)30-18-5-7-28-21(11-18)14-1-2-14/h3-5,7,9-12,14,23H,1-2,6,8,13,27H2,(H,31,33)(H,28,29,30)/t23-/m0/s1. The quantitative estimate of drug-likeness (QED) is 0.438. The first-order chi connectivity index (χ1) is 16.0. The molecule has 0 bridgehead atoms. The van der Waals surface area contributed by atoms with Crippen LogP contribution in [0.2, 0.25) is 10.0 Å². The maximum atomic E-state index is 12.9. The summed E-state index contributed by atoms with van der Waals surface area (Å²) in [7, 11) is 0. The van der Waals surface area contributed by atoms with Crippen molar-refractivity contribution in [3.05, 3.63) is 81.2 Å². The molecule has 0 unspecified atom stereocenters. The smallest absolute Gasteiger partial charge is 0.319 e. The molecule has 4 N–H and O–H groups in total. The lowest BCUT2D eigenvalue weighted by atomic mass is 10.0. The maximum absolute atomic E-state index is 12.9. The molecule has 1 saturated carbocycles. The summed E-state index contributed by atoms with van der Waals surface area (Å²) >= 11 is 12.0. The molecule has 33 heavy (non-hydrogen) atoms. The van der Waals surface area contributed by atoms with Gasteiger partial charge in [0.1, 0.15) is 12.0 Å². The number of hydrogen-bond acceptors (Lipinski definition) is 5. The van der Waals surface area contributed by atoms with Gasteiger partial charge < -0.3 is 21.3 Å². The summed E-state index contributed by atoms with van der Waals surface area (Å²) < 4.78 is 0. The molecule has 5 rings (SSSR count). The predicted molar refractivity (Wildman–Crippen MR) is 130 cm³/mol. The zero-order valence-corrected chi connectivity index (χ0v) is 19.4. The van der Waals surface area contributed by atoms with Crippen LogP contribution in [-0.4, -0.2) is 27.4 Å². The highest BCUT2D eigenvalue weighted by Gasteiger charge is 2.25. The van der Waals surface area contributed by atoms with Crippen LogP contribution in [0, 0.1) is 0 Å². The Balaban J connectivity index is 1.25. The zero-order chi connectivity index (χ0) is 22.9. The van der Waals surface area contributed by atoms with Crippen molar-refractivity contribution in [2.45, 2.75) is 37.9 Å². The first-order valence-electron chi connectivity index (χ1n) is 10.9. The molecule has 3 heterocycles. The minimum Gasteiger partial charge on any atom is -0.340 e. The number of amides is 2. The van der Waals surface area contributed by atoms with Crippen LogP contribution in [0.3, 0.4) is 0 Å². The summed E-state index contributed by atoms with van der Waals surface area (Å²) in [6.07, 6.45) is 6.18. The van der Waals surface area contributed by atoms with E-state index in [1.165, 1.54) is 12.8 Å². The van der Waals surface area contributed by atoms with Gasteiger partial charge >= 0.3 is 6.03 Å². The van der Waals surface area contributed by atoms with Gasteiger partial charge in [0.15, 0.2) is 0 Å². The Labute approximate surface area is 202 Å². The van der Waals surface area contributed by atoms with Gasteiger partial charge in [0.05, 0.1) is 10.0 Å². The van der Waals surface area contributed by atoms with E-state index < -0.39 is 6.17 Å². The highest BCUT2D eigenvalue weighted by atomic mass is 35.5. The van der Waals surface area contributed by atoms with Crippen LogP contribution in [-0.2, 0) is 13.0 Å². The fourth-order valence-electron chi connectivity index (χ4n) is 3.97. The number of nitrogens with two attached hydrogens (primary N) is 1. The summed E-state index contributed by atoms with van der Waals surface area (Å²) in [5.41, 5.74) is 11.2. The Bertz CT molecular complexity index is 1200. The third-order valence-corrected chi connectivity index (χ3v) is 6.75. The molecule has 0 radical (unpaired) electrons. The summed E-state index contributed by atoms with van der Waals surface area (Å²) in [4.78, 5) is 23.6. The Morgan fingerprint density at radius 3 is 2.73 bits per heavy atom. The first kappa shape index (κ1) is 21.9. The number of fused-ring (bicyclic) bond motifs is 1. The molecule has 1 aliphatic carbocycles.